The number of ether oxygens (including phenoxy) is 2. The van der Waals surface area contributed by atoms with Crippen LogP contribution in [0.15, 0.2) is 72.8 Å². The first kappa shape index (κ1) is 20.3. The minimum absolute atomic E-state index is 0.0972. The van der Waals surface area contributed by atoms with Crippen LogP contribution in [0.1, 0.15) is 28.8 Å². The molecule has 0 aromatic heterocycles. The molecule has 3 aromatic carbocycles. The summed E-state index contributed by atoms with van der Waals surface area (Å²) in [5.41, 5.74) is 4.00. The first-order chi connectivity index (χ1) is 15.0. The standard InChI is InChI=1S/C25H21NO5/c1-16-21-13-19(9-12-22(21)26-25(16)29)23(27)14-31-24(28)15-30-20-10-7-18(8-11-20)17-5-3-2-4-6-17/h2-13,16H,14-15H2,1H3,(H,26,29)/t16-/m1/s1. The Hall–Kier alpha value is -3.93. The number of rotatable bonds is 7. The molecule has 0 saturated heterocycles. The smallest absolute Gasteiger partial charge is 0.344 e. The van der Waals surface area contributed by atoms with Crippen LogP contribution in [0.2, 0.25) is 0 Å². The van der Waals surface area contributed by atoms with E-state index in [0.29, 0.717) is 17.0 Å². The number of hydrogen-bond donors (Lipinski definition) is 1. The highest BCUT2D eigenvalue weighted by atomic mass is 16.6. The number of hydrogen-bond acceptors (Lipinski definition) is 5. The minimum atomic E-state index is -0.633. The van der Waals surface area contributed by atoms with Gasteiger partial charge in [-0.3, -0.25) is 9.59 Å². The SMILES string of the molecule is C[C@H]1C(=O)Nc2ccc(C(=O)COC(=O)COc3ccc(-c4ccccc4)cc3)cc21. The topological polar surface area (TPSA) is 81.7 Å². The number of Topliss-reactive ketones (excluding diaryl/α,β-unsaturated/α-hetero) is 1. The molecule has 1 aliphatic rings. The zero-order valence-electron chi connectivity index (χ0n) is 17.0. The molecule has 1 atom stereocenters. The van der Waals surface area contributed by atoms with E-state index in [0.717, 1.165) is 16.7 Å². The molecule has 0 bridgehead atoms. The van der Waals surface area contributed by atoms with Gasteiger partial charge in [-0.2, -0.15) is 0 Å². The predicted molar refractivity (Wildman–Crippen MR) is 116 cm³/mol. The van der Waals surface area contributed by atoms with Gasteiger partial charge in [0.25, 0.3) is 0 Å². The largest absolute Gasteiger partial charge is 0.482 e. The molecule has 1 heterocycles. The van der Waals surface area contributed by atoms with E-state index in [1.54, 1.807) is 37.3 Å². The summed E-state index contributed by atoms with van der Waals surface area (Å²) in [6, 6.07) is 22.3. The van der Waals surface area contributed by atoms with Crippen molar-refractivity contribution in [2.24, 2.45) is 0 Å². The number of esters is 1. The van der Waals surface area contributed by atoms with Crippen LogP contribution >= 0.6 is 0 Å². The fourth-order valence-corrected chi connectivity index (χ4v) is 3.38. The van der Waals surface area contributed by atoms with Gasteiger partial charge in [-0.15, -0.1) is 0 Å². The van der Waals surface area contributed by atoms with E-state index in [1.807, 2.05) is 42.5 Å². The molecule has 1 N–H and O–H groups in total. The summed E-state index contributed by atoms with van der Waals surface area (Å²) in [7, 11) is 0. The summed E-state index contributed by atoms with van der Waals surface area (Å²) in [5.74, 6) is -0.846. The Kier molecular flexibility index (Phi) is 5.80. The number of carbonyl (C=O) groups is 3. The molecule has 0 fully saturated rings. The number of amides is 1. The Morgan fingerprint density at radius 3 is 2.35 bits per heavy atom. The van der Waals surface area contributed by atoms with Crippen molar-refractivity contribution in [3.05, 3.63) is 83.9 Å². The minimum Gasteiger partial charge on any atom is -0.482 e. The molecular formula is C25H21NO5. The van der Waals surface area contributed by atoms with Gasteiger partial charge in [0.15, 0.2) is 19.0 Å². The summed E-state index contributed by atoms with van der Waals surface area (Å²) in [6.45, 7) is 1.10. The van der Waals surface area contributed by atoms with Crippen molar-refractivity contribution in [2.45, 2.75) is 12.8 Å². The van der Waals surface area contributed by atoms with Crippen LogP contribution in [0.25, 0.3) is 11.1 Å². The van der Waals surface area contributed by atoms with E-state index in [9.17, 15) is 14.4 Å². The maximum absolute atomic E-state index is 12.4. The van der Waals surface area contributed by atoms with E-state index in [2.05, 4.69) is 5.32 Å². The second-order valence-electron chi connectivity index (χ2n) is 7.28. The molecule has 6 heteroatoms. The number of ketones is 1. The third-order valence-electron chi connectivity index (χ3n) is 5.17. The lowest BCUT2D eigenvalue weighted by Crippen LogP contribution is -2.19. The molecular weight excluding hydrogens is 394 g/mol. The van der Waals surface area contributed by atoms with Crippen molar-refractivity contribution in [1.29, 1.82) is 0 Å². The van der Waals surface area contributed by atoms with Crippen LogP contribution in [0, 0.1) is 0 Å². The van der Waals surface area contributed by atoms with Crippen molar-refractivity contribution < 1.29 is 23.9 Å². The van der Waals surface area contributed by atoms with Crippen LogP contribution in [0.4, 0.5) is 5.69 Å². The number of fused-ring (bicyclic) bond motifs is 1. The molecule has 0 saturated carbocycles. The summed E-state index contributed by atoms with van der Waals surface area (Å²) in [5, 5.41) is 2.76. The number of nitrogens with one attached hydrogen (secondary N) is 1. The van der Waals surface area contributed by atoms with E-state index < -0.39 is 5.97 Å². The average molecular weight is 415 g/mol. The number of carbonyl (C=O) groups excluding carboxylic acids is 3. The van der Waals surface area contributed by atoms with Gasteiger partial charge in [-0.25, -0.2) is 4.79 Å². The molecule has 6 nitrogen and oxygen atoms in total. The molecule has 31 heavy (non-hydrogen) atoms. The van der Waals surface area contributed by atoms with E-state index in [4.69, 9.17) is 9.47 Å². The van der Waals surface area contributed by atoms with Gasteiger partial charge in [0.1, 0.15) is 5.75 Å². The van der Waals surface area contributed by atoms with Gasteiger partial charge in [-0.1, -0.05) is 42.5 Å². The predicted octanol–water partition coefficient (Wildman–Crippen LogP) is 4.21. The van der Waals surface area contributed by atoms with Gasteiger partial charge >= 0.3 is 5.97 Å². The Morgan fingerprint density at radius 2 is 1.61 bits per heavy atom. The van der Waals surface area contributed by atoms with Crippen LogP contribution in [-0.4, -0.2) is 30.9 Å². The van der Waals surface area contributed by atoms with Crippen molar-refractivity contribution in [3.8, 4) is 16.9 Å². The van der Waals surface area contributed by atoms with Crippen LogP contribution in [-0.2, 0) is 14.3 Å². The quantitative estimate of drug-likeness (QED) is 0.462. The molecule has 4 rings (SSSR count). The monoisotopic (exact) mass is 415 g/mol. The third kappa shape index (κ3) is 4.64. The maximum atomic E-state index is 12.4. The third-order valence-corrected chi connectivity index (χ3v) is 5.17. The average Bonchev–Trinajstić information content (AvgIpc) is 3.10. The van der Waals surface area contributed by atoms with Crippen molar-refractivity contribution >= 4 is 23.3 Å². The molecule has 0 spiro atoms. The highest BCUT2D eigenvalue weighted by Crippen LogP contribution is 2.32. The van der Waals surface area contributed by atoms with Crippen LogP contribution < -0.4 is 10.1 Å². The Labute approximate surface area is 179 Å². The van der Waals surface area contributed by atoms with Gasteiger partial charge in [0.05, 0.1) is 5.92 Å². The second kappa shape index (κ2) is 8.83. The molecule has 0 radical (unpaired) electrons. The van der Waals surface area contributed by atoms with E-state index in [-0.39, 0.29) is 30.8 Å². The maximum Gasteiger partial charge on any atom is 0.344 e. The van der Waals surface area contributed by atoms with Crippen molar-refractivity contribution in [3.63, 3.8) is 0 Å². The summed E-state index contributed by atoms with van der Waals surface area (Å²) in [4.78, 5) is 36.1. The van der Waals surface area contributed by atoms with E-state index >= 15 is 0 Å². The molecule has 156 valence electrons. The fraction of sp³-hybridized carbons (Fsp3) is 0.160. The summed E-state index contributed by atoms with van der Waals surface area (Å²) < 4.78 is 10.5. The van der Waals surface area contributed by atoms with Gasteiger partial charge in [-0.05, 0) is 53.9 Å². The number of anilines is 1. The normalized spacial score (nSPS) is 14.5. The highest BCUT2D eigenvalue weighted by molar-refractivity contribution is 6.05. The van der Waals surface area contributed by atoms with Gasteiger partial charge < -0.3 is 14.8 Å². The van der Waals surface area contributed by atoms with E-state index in [1.165, 1.54) is 0 Å². The van der Waals surface area contributed by atoms with Gasteiger partial charge in [0, 0.05) is 11.3 Å². The molecule has 0 unspecified atom stereocenters. The molecule has 0 aliphatic carbocycles. The molecule has 1 aliphatic heterocycles. The molecule has 3 aromatic rings. The van der Waals surface area contributed by atoms with Crippen LogP contribution in [0.3, 0.4) is 0 Å². The zero-order chi connectivity index (χ0) is 21.8. The second-order valence-corrected chi connectivity index (χ2v) is 7.28. The van der Waals surface area contributed by atoms with Gasteiger partial charge in [0.2, 0.25) is 5.91 Å². The number of benzene rings is 3. The lowest BCUT2D eigenvalue weighted by molar-refractivity contribution is -0.144. The summed E-state index contributed by atoms with van der Waals surface area (Å²) >= 11 is 0. The van der Waals surface area contributed by atoms with Crippen LogP contribution in [0.5, 0.6) is 5.75 Å². The zero-order valence-corrected chi connectivity index (χ0v) is 17.0. The Morgan fingerprint density at radius 1 is 0.903 bits per heavy atom. The first-order valence-corrected chi connectivity index (χ1v) is 9.93. The lowest BCUT2D eigenvalue weighted by Gasteiger charge is -2.09. The van der Waals surface area contributed by atoms with Crippen molar-refractivity contribution in [2.75, 3.05) is 18.5 Å². The van der Waals surface area contributed by atoms with Crippen molar-refractivity contribution in [1.82, 2.24) is 0 Å². The summed E-state index contributed by atoms with van der Waals surface area (Å²) in [6.07, 6.45) is 0. The Bertz CT molecular complexity index is 1120. The fourth-order valence-electron chi connectivity index (χ4n) is 3.38. The lowest BCUT2D eigenvalue weighted by atomic mass is 9.99. The first-order valence-electron chi connectivity index (χ1n) is 9.93. The molecule has 1 amide bonds. The highest BCUT2D eigenvalue weighted by Gasteiger charge is 2.27. The Balaban J connectivity index is 1.27.